The van der Waals surface area contributed by atoms with Gasteiger partial charge in [0.15, 0.2) is 0 Å². The number of amides is 3. The molecule has 0 aliphatic heterocycles. The molecule has 218 valence electrons. The molecule has 0 aliphatic rings. The van der Waals surface area contributed by atoms with Gasteiger partial charge in [0.25, 0.3) is 0 Å². The second-order valence-electron chi connectivity index (χ2n) is 9.53. The second-order valence-corrected chi connectivity index (χ2v) is 9.53. The molecule has 0 aliphatic carbocycles. The van der Waals surface area contributed by atoms with Crippen LogP contribution in [-0.2, 0) is 30.4 Å². The van der Waals surface area contributed by atoms with Crippen LogP contribution in [0.4, 0.5) is 0 Å². The van der Waals surface area contributed by atoms with Gasteiger partial charge in [-0.2, -0.15) is 0 Å². The first kappa shape index (κ1) is 33.3. The van der Waals surface area contributed by atoms with Crippen LogP contribution >= 0.6 is 0 Å². The Bertz CT molecular complexity index is 972. The fraction of sp³-hybridized carbons (Fsp3) is 0.577. The van der Waals surface area contributed by atoms with Gasteiger partial charge in [0.05, 0.1) is 6.04 Å². The minimum Gasteiger partial charge on any atom is -0.508 e. The van der Waals surface area contributed by atoms with E-state index < -0.39 is 60.2 Å². The number of aliphatic carboxylic acids is 2. The average Bonchev–Trinajstić information content (AvgIpc) is 2.89. The summed E-state index contributed by atoms with van der Waals surface area (Å²) in [5.41, 5.74) is 12.0. The molecule has 3 amide bonds. The molecule has 10 N–H and O–H groups in total. The van der Waals surface area contributed by atoms with Crippen molar-refractivity contribution >= 4 is 29.7 Å². The van der Waals surface area contributed by atoms with Gasteiger partial charge in [0.2, 0.25) is 17.7 Å². The third kappa shape index (κ3) is 12.1. The lowest BCUT2D eigenvalue weighted by molar-refractivity contribution is -0.143. The smallest absolute Gasteiger partial charge is 0.326 e. The monoisotopic (exact) mass is 551 g/mol. The molecule has 13 heteroatoms. The van der Waals surface area contributed by atoms with Crippen molar-refractivity contribution in [2.24, 2.45) is 17.4 Å². The number of nitrogens with one attached hydrogen (secondary N) is 3. The minimum absolute atomic E-state index is 0.00857. The molecule has 1 rings (SSSR count). The summed E-state index contributed by atoms with van der Waals surface area (Å²) in [6, 6.07) is 1.23. The van der Waals surface area contributed by atoms with E-state index in [-0.39, 0.29) is 24.5 Å². The highest BCUT2D eigenvalue weighted by atomic mass is 16.4. The molecule has 0 bridgehead atoms. The number of rotatable bonds is 18. The molecule has 0 aromatic heterocycles. The zero-order valence-electron chi connectivity index (χ0n) is 22.4. The Morgan fingerprint density at radius 1 is 0.872 bits per heavy atom. The van der Waals surface area contributed by atoms with Gasteiger partial charge in [0, 0.05) is 12.8 Å². The van der Waals surface area contributed by atoms with Crippen LogP contribution < -0.4 is 27.4 Å². The molecule has 1 aromatic carbocycles. The predicted octanol–water partition coefficient (Wildman–Crippen LogP) is -0.159. The van der Waals surface area contributed by atoms with E-state index in [1.165, 1.54) is 24.3 Å². The highest BCUT2D eigenvalue weighted by Crippen LogP contribution is 2.14. The summed E-state index contributed by atoms with van der Waals surface area (Å²) < 4.78 is 0. The van der Waals surface area contributed by atoms with E-state index in [9.17, 15) is 34.2 Å². The van der Waals surface area contributed by atoms with Gasteiger partial charge in [-0.25, -0.2) is 4.79 Å². The van der Waals surface area contributed by atoms with E-state index in [1.807, 2.05) is 6.92 Å². The maximum absolute atomic E-state index is 13.4. The standard InChI is InChI=1S/C26H41N5O8/c1-3-15(2)22(31-23(35)18(28)6-4-5-13-27)25(37)30-20(14-16-7-9-17(32)10-8-16)24(36)29-19(26(38)39)11-12-21(33)34/h7-10,15,18-20,22,32H,3-6,11-14,27-28H2,1-2H3,(H,29,36)(H,30,37)(H,31,35)(H,33,34)(H,38,39). The van der Waals surface area contributed by atoms with Gasteiger partial charge in [-0.05, 0) is 49.4 Å². The highest BCUT2D eigenvalue weighted by molar-refractivity contribution is 5.94. The number of carbonyl (C=O) groups is 5. The van der Waals surface area contributed by atoms with Gasteiger partial charge < -0.3 is 42.7 Å². The zero-order valence-corrected chi connectivity index (χ0v) is 22.4. The maximum atomic E-state index is 13.4. The quantitative estimate of drug-likeness (QED) is 0.112. The van der Waals surface area contributed by atoms with Gasteiger partial charge in [-0.15, -0.1) is 0 Å². The van der Waals surface area contributed by atoms with E-state index >= 15 is 0 Å². The van der Waals surface area contributed by atoms with Crippen LogP contribution in [0.1, 0.15) is 57.9 Å². The van der Waals surface area contributed by atoms with Crippen LogP contribution in [0.2, 0.25) is 0 Å². The second kappa shape index (κ2) is 17.0. The Balaban J connectivity index is 3.14. The van der Waals surface area contributed by atoms with Crippen molar-refractivity contribution < 1.29 is 39.3 Å². The fourth-order valence-electron chi connectivity index (χ4n) is 3.74. The third-order valence-electron chi connectivity index (χ3n) is 6.37. The molecular weight excluding hydrogens is 510 g/mol. The molecule has 1 aromatic rings. The Morgan fingerprint density at radius 3 is 2.03 bits per heavy atom. The van der Waals surface area contributed by atoms with Gasteiger partial charge in [-0.1, -0.05) is 38.8 Å². The molecule has 0 saturated heterocycles. The first-order chi connectivity index (χ1) is 18.4. The first-order valence-corrected chi connectivity index (χ1v) is 13.0. The van der Waals surface area contributed by atoms with E-state index in [1.54, 1.807) is 6.92 Å². The summed E-state index contributed by atoms with van der Waals surface area (Å²) in [6.45, 7) is 4.06. The van der Waals surface area contributed by atoms with Crippen molar-refractivity contribution in [3.63, 3.8) is 0 Å². The normalized spacial score (nSPS) is 14.8. The summed E-state index contributed by atoms with van der Waals surface area (Å²) in [4.78, 5) is 61.7. The Morgan fingerprint density at radius 2 is 1.49 bits per heavy atom. The van der Waals surface area contributed by atoms with Crippen LogP contribution in [-0.4, -0.2) is 75.7 Å². The van der Waals surface area contributed by atoms with Crippen LogP contribution in [0.5, 0.6) is 5.75 Å². The van der Waals surface area contributed by atoms with Crippen molar-refractivity contribution in [3.8, 4) is 5.75 Å². The summed E-state index contributed by atoms with van der Waals surface area (Å²) >= 11 is 0. The Hall–Kier alpha value is -3.71. The molecule has 0 saturated carbocycles. The van der Waals surface area contributed by atoms with Gasteiger partial charge in [0.1, 0.15) is 23.9 Å². The lowest BCUT2D eigenvalue weighted by Gasteiger charge is -2.28. The molecular formula is C26H41N5O8. The van der Waals surface area contributed by atoms with E-state index in [0.717, 1.165) is 0 Å². The first-order valence-electron chi connectivity index (χ1n) is 13.0. The molecule has 0 spiro atoms. The third-order valence-corrected chi connectivity index (χ3v) is 6.37. The van der Waals surface area contributed by atoms with Crippen molar-refractivity contribution in [1.29, 1.82) is 0 Å². The van der Waals surface area contributed by atoms with Crippen LogP contribution in [0.25, 0.3) is 0 Å². The van der Waals surface area contributed by atoms with E-state index in [2.05, 4.69) is 16.0 Å². The van der Waals surface area contributed by atoms with E-state index in [0.29, 0.717) is 37.8 Å². The molecule has 13 nitrogen and oxygen atoms in total. The van der Waals surface area contributed by atoms with Crippen LogP contribution in [0.3, 0.4) is 0 Å². The number of aromatic hydroxyl groups is 1. The molecule has 0 radical (unpaired) electrons. The summed E-state index contributed by atoms with van der Waals surface area (Å²) in [7, 11) is 0. The van der Waals surface area contributed by atoms with Crippen LogP contribution in [0.15, 0.2) is 24.3 Å². The predicted molar refractivity (Wildman–Crippen MR) is 142 cm³/mol. The number of nitrogens with two attached hydrogens (primary N) is 2. The number of hydrogen-bond acceptors (Lipinski definition) is 8. The zero-order chi connectivity index (χ0) is 29.5. The number of phenolic OH excluding ortho intramolecular Hbond substituents is 1. The van der Waals surface area contributed by atoms with Gasteiger partial charge >= 0.3 is 11.9 Å². The Kier molecular flexibility index (Phi) is 14.5. The number of benzene rings is 1. The fourth-order valence-corrected chi connectivity index (χ4v) is 3.74. The maximum Gasteiger partial charge on any atom is 0.326 e. The number of unbranched alkanes of at least 4 members (excludes halogenated alkanes) is 1. The summed E-state index contributed by atoms with van der Waals surface area (Å²) in [6.07, 6.45) is 1.34. The molecule has 0 fully saturated rings. The van der Waals surface area contributed by atoms with Gasteiger partial charge in [-0.3, -0.25) is 19.2 Å². The largest absolute Gasteiger partial charge is 0.508 e. The topological polar surface area (TPSA) is 234 Å². The van der Waals surface area contributed by atoms with Crippen molar-refractivity contribution in [2.45, 2.75) is 83.0 Å². The number of phenols is 1. The summed E-state index contributed by atoms with van der Waals surface area (Å²) in [5.74, 6) is -5.02. The molecule has 5 atom stereocenters. The molecule has 5 unspecified atom stereocenters. The molecule has 39 heavy (non-hydrogen) atoms. The van der Waals surface area contributed by atoms with Crippen molar-refractivity contribution in [2.75, 3.05) is 6.54 Å². The highest BCUT2D eigenvalue weighted by Gasteiger charge is 2.32. The number of carbonyl (C=O) groups excluding carboxylic acids is 3. The molecule has 0 heterocycles. The van der Waals surface area contributed by atoms with Crippen molar-refractivity contribution in [1.82, 2.24) is 16.0 Å². The van der Waals surface area contributed by atoms with Crippen molar-refractivity contribution in [3.05, 3.63) is 29.8 Å². The number of hydrogen-bond donors (Lipinski definition) is 8. The van der Waals surface area contributed by atoms with E-state index in [4.69, 9.17) is 16.6 Å². The SMILES string of the molecule is CCC(C)C(NC(=O)C(N)CCCCN)C(=O)NC(Cc1ccc(O)cc1)C(=O)NC(CCC(=O)O)C(=O)O. The Labute approximate surface area is 227 Å². The minimum atomic E-state index is -1.50. The summed E-state index contributed by atoms with van der Waals surface area (Å²) in [5, 5.41) is 35.5. The lowest BCUT2D eigenvalue weighted by Crippen LogP contribution is -2.59. The lowest BCUT2D eigenvalue weighted by atomic mass is 9.96. The van der Waals surface area contributed by atoms with Crippen LogP contribution in [0, 0.1) is 5.92 Å². The number of carboxylic acids is 2. The number of carboxylic acid groups (broad SMARTS) is 2. The average molecular weight is 552 g/mol.